The molecule has 0 fully saturated rings. The summed E-state index contributed by atoms with van der Waals surface area (Å²) in [6.45, 7) is 0.420. The summed E-state index contributed by atoms with van der Waals surface area (Å²) < 4.78 is 5.18. The topological polar surface area (TPSA) is 71.5 Å². The molecule has 94 valence electrons. The Kier molecular flexibility index (Phi) is 4.09. The molecular weight excluding hydrogens is 232 g/mol. The van der Waals surface area contributed by atoms with Gasteiger partial charge in [0.05, 0.1) is 0 Å². The predicted octanol–water partition coefficient (Wildman–Crippen LogP) is 1.71. The molecular formula is C13H14N2O3. The average Bonchev–Trinajstić information content (AvgIpc) is 2.39. The number of para-hydroxylation sites is 1. The van der Waals surface area contributed by atoms with Gasteiger partial charge < -0.3 is 15.2 Å². The molecule has 0 unspecified atom stereocenters. The van der Waals surface area contributed by atoms with Gasteiger partial charge in [0, 0.05) is 24.7 Å². The van der Waals surface area contributed by atoms with Gasteiger partial charge in [-0.25, -0.2) is 4.79 Å². The van der Waals surface area contributed by atoms with E-state index in [2.05, 4.69) is 10.3 Å². The van der Waals surface area contributed by atoms with Gasteiger partial charge in [-0.1, -0.05) is 18.2 Å². The first kappa shape index (κ1) is 12.3. The van der Waals surface area contributed by atoms with E-state index in [9.17, 15) is 4.79 Å². The third kappa shape index (κ3) is 2.95. The van der Waals surface area contributed by atoms with Crippen LogP contribution in [0.5, 0.6) is 5.75 Å². The Morgan fingerprint density at radius 1 is 1.33 bits per heavy atom. The van der Waals surface area contributed by atoms with Crippen molar-refractivity contribution in [2.24, 2.45) is 0 Å². The van der Waals surface area contributed by atoms with Crippen LogP contribution in [0, 0.1) is 0 Å². The Labute approximate surface area is 104 Å². The number of nitrogens with zero attached hydrogens (tertiary/aromatic N) is 1. The van der Waals surface area contributed by atoms with Crippen molar-refractivity contribution in [2.75, 3.05) is 13.2 Å². The first-order chi connectivity index (χ1) is 8.81. The lowest BCUT2D eigenvalue weighted by Crippen LogP contribution is -2.28. The first-order valence-electron chi connectivity index (χ1n) is 5.71. The minimum absolute atomic E-state index is 0.0378. The second-order valence-corrected chi connectivity index (χ2v) is 3.72. The third-order valence-corrected chi connectivity index (χ3v) is 2.40. The van der Waals surface area contributed by atoms with Crippen LogP contribution in [0.1, 0.15) is 6.42 Å². The second kappa shape index (κ2) is 5.97. The fourth-order valence-corrected chi connectivity index (χ4v) is 1.56. The van der Waals surface area contributed by atoms with Crippen LogP contribution in [0.25, 0.3) is 10.9 Å². The molecule has 2 N–H and O–H groups in total. The molecule has 5 heteroatoms. The van der Waals surface area contributed by atoms with E-state index < -0.39 is 6.09 Å². The van der Waals surface area contributed by atoms with Crippen LogP contribution in [-0.2, 0) is 0 Å². The summed E-state index contributed by atoms with van der Waals surface area (Å²) in [5.74, 6) is 0.426. The molecule has 0 atom stereocenters. The number of pyridine rings is 1. The lowest BCUT2D eigenvalue weighted by atomic mass is 10.2. The van der Waals surface area contributed by atoms with Gasteiger partial charge in [0.1, 0.15) is 5.52 Å². The summed E-state index contributed by atoms with van der Waals surface area (Å²) in [5.41, 5.74) is 0.650. The first-order valence-corrected chi connectivity index (χ1v) is 5.71. The fourth-order valence-electron chi connectivity index (χ4n) is 1.56. The molecule has 18 heavy (non-hydrogen) atoms. The highest BCUT2D eigenvalue weighted by molar-refractivity contribution is 5.86. The highest BCUT2D eigenvalue weighted by Crippen LogP contribution is 2.22. The molecule has 0 saturated carbocycles. The van der Waals surface area contributed by atoms with Gasteiger partial charge in [-0.2, -0.15) is 0 Å². The Balaban J connectivity index is 2.09. The largest absolute Gasteiger partial charge is 0.412 e. The van der Waals surface area contributed by atoms with Gasteiger partial charge in [-0.3, -0.25) is 4.98 Å². The van der Waals surface area contributed by atoms with Gasteiger partial charge in [-0.05, 0) is 18.6 Å². The van der Waals surface area contributed by atoms with Crippen molar-refractivity contribution in [1.29, 1.82) is 0 Å². The SMILES string of the molecule is O=C(NCCCO)Oc1cccc2cccnc12. The van der Waals surface area contributed by atoms with Gasteiger partial charge >= 0.3 is 6.09 Å². The van der Waals surface area contributed by atoms with Crippen molar-refractivity contribution in [1.82, 2.24) is 10.3 Å². The Morgan fingerprint density at radius 3 is 3.00 bits per heavy atom. The molecule has 0 saturated heterocycles. The minimum atomic E-state index is -0.540. The number of fused-ring (bicyclic) bond motifs is 1. The summed E-state index contributed by atoms with van der Waals surface area (Å²) in [6, 6.07) is 9.13. The maximum atomic E-state index is 11.5. The fraction of sp³-hybridized carbons (Fsp3) is 0.231. The third-order valence-electron chi connectivity index (χ3n) is 2.40. The number of benzene rings is 1. The quantitative estimate of drug-likeness (QED) is 0.805. The van der Waals surface area contributed by atoms with Crippen molar-refractivity contribution >= 4 is 17.0 Å². The molecule has 0 aliphatic carbocycles. The number of carbonyl (C=O) groups excluding carboxylic acids is 1. The van der Waals surface area contributed by atoms with Crippen molar-refractivity contribution in [3.05, 3.63) is 36.5 Å². The lowest BCUT2D eigenvalue weighted by Gasteiger charge is -2.07. The normalized spacial score (nSPS) is 10.3. The predicted molar refractivity (Wildman–Crippen MR) is 67.5 cm³/mol. The van der Waals surface area contributed by atoms with Crippen molar-refractivity contribution in [3.63, 3.8) is 0 Å². The molecule has 5 nitrogen and oxygen atoms in total. The lowest BCUT2D eigenvalue weighted by molar-refractivity contribution is 0.199. The summed E-state index contributed by atoms with van der Waals surface area (Å²) in [5, 5.41) is 12.1. The maximum Gasteiger partial charge on any atom is 0.412 e. The second-order valence-electron chi connectivity index (χ2n) is 3.72. The van der Waals surface area contributed by atoms with Crippen LogP contribution in [-0.4, -0.2) is 29.3 Å². The van der Waals surface area contributed by atoms with Crippen molar-refractivity contribution in [2.45, 2.75) is 6.42 Å². The highest BCUT2D eigenvalue weighted by Gasteiger charge is 2.07. The van der Waals surface area contributed by atoms with E-state index in [0.717, 1.165) is 5.39 Å². The molecule has 1 heterocycles. The molecule has 1 aromatic heterocycles. The van der Waals surface area contributed by atoms with Crippen LogP contribution in [0.3, 0.4) is 0 Å². The zero-order valence-electron chi connectivity index (χ0n) is 9.80. The van der Waals surface area contributed by atoms with Crippen molar-refractivity contribution < 1.29 is 14.6 Å². The number of carbonyl (C=O) groups is 1. The number of nitrogens with one attached hydrogen (secondary N) is 1. The Bertz CT molecular complexity index is 537. The Hall–Kier alpha value is -2.14. The molecule has 0 bridgehead atoms. The molecule has 2 aromatic rings. The number of aliphatic hydroxyl groups excluding tert-OH is 1. The van der Waals surface area contributed by atoms with Crippen LogP contribution >= 0.6 is 0 Å². The molecule has 0 aliphatic heterocycles. The molecule has 0 spiro atoms. The highest BCUT2D eigenvalue weighted by atomic mass is 16.6. The van der Waals surface area contributed by atoms with E-state index >= 15 is 0 Å². The molecule has 1 aromatic carbocycles. The molecule has 1 amide bonds. The summed E-state index contributed by atoms with van der Waals surface area (Å²) >= 11 is 0. The van der Waals surface area contributed by atoms with Crippen molar-refractivity contribution in [3.8, 4) is 5.75 Å². The molecule has 0 aliphatic rings. The minimum Gasteiger partial charge on any atom is -0.408 e. The van der Waals surface area contributed by atoms with E-state index in [1.807, 2.05) is 18.2 Å². The number of hydrogen-bond donors (Lipinski definition) is 2. The van der Waals surface area contributed by atoms with Crippen LogP contribution < -0.4 is 10.1 Å². The van der Waals surface area contributed by atoms with E-state index in [0.29, 0.717) is 24.2 Å². The van der Waals surface area contributed by atoms with E-state index in [-0.39, 0.29) is 6.61 Å². The average molecular weight is 246 g/mol. The zero-order valence-corrected chi connectivity index (χ0v) is 9.80. The van der Waals surface area contributed by atoms with Gasteiger partial charge in [0.2, 0.25) is 0 Å². The molecule has 0 radical (unpaired) electrons. The van der Waals surface area contributed by atoms with Crippen LogP contribution in [0.2, 0.25) is 0 Å². The maximum absolute atomic E-state index is 11.5. The van der Waals surface area contributed by atoms with E-state index in [1.54, 1.807) is 18.3 Å². The number of rotatable bonds is 4. The number of aromatic nitrogens is 1. The monoisotopic (exact) mass is 246 g/mol. The smallest absolute Gasteiger partial charge is 0.408 e. The zero-order chi connectivity index (χ0) is 12.8. The number of ether oxygens (including phenoxy) is 1. The summed E-state index contributed by atoms with van der Waals surface area (Å²) in [6.07, 6.45) is 1.61. The Morgan fingerprint density at radius 2 is 2.17 bits per heavy atom. The van der Waals surface area contributed by atoms with Crippen LogP contribution in [0.4, 0.5) is 4.79 Å². The number of hydrogen-bond acceptors (Lipinski definition) is 4. The molecule has 2 rings (SSSR count). The number of amides is 1. The van der Waals surface area contributed by atoms with Gasteiger partial charge in [0.25, 0.3) is 0 Å². The standard InChI is InChI=1S/C13H14N2O3/c16-9-3-8-15-13(17)18-11-6-1-4-10-5-2-7-14-12(10)11/h1-2,4-7,16H,3,8-9H2,(H,15,17). The van der Waals surface area contributed by atoms with E-state index in [1.165, 1.54) is 0 Å². The van der Waals surface area contributed by atoms with Gasteiger partial charge in [-0.15, -0.1) is 0 Å². The summed E-state index contributed by atoms with van der Waals surface area (Å²) in [4.78, 5) is 15.7. The number of aliphatic hydroxyl groups is 1. The van der Waals surface area contributed by atoms with Gasteiger partial charge in [0.15, 0.2) is 5.75 Å². The van der Waals surface area contributed by atoms with Crippen LogP contribution in [0.15, 0.2) is 36.5 Å². The van der Waals surface area contributed by atoms with E-state index in [4.69, 9.17) is 9.84 Å². The summed E-state index contributed by atoms with van der Waals surface area (Å²) in [7, 11) is 0.